The molecule has 0 spiro atoms. The number of nitrogens with one attached hydrogen (secondary N) is 1. The molecule has 1 amide bonds. The van der Waals surface area contributed by atoms with Crippen LogP contribution in [0.15, 0.2) is 40.9 Å². The fourth-order valence-electron chi connectivity index (χ4n) is 2.28. The predicted octanol–water partition coefficient (Wildman–Crippen LogP) is 3.02. The zero-order chi connectivity index (χ0) is 18.7. The fourth-order valence-corrected chi connectivity index (χ4v) is 3.79. The third-order valence-corrected chi connectivity index (χ3v) is 5.61. The first kappa shape index (κ1) is 18.0. The van der Waals surface area contributed by atoms with Crippen molar-refractivity contribution in [2.45, 2.75) is 24.3 Å². The maximum absolute atomic E-state index is 12.4. The highest BCUT2D eigenvalue weighted by molar-refractivity contribution is 8.00. The van der Waals surface area contributed by atoms with Gasteiger partial charge in [0.05, 0.1) is 10.8 Å². The molecule has 1 atom stereocenters. The minimum absolute atomic E-state index is 0.227. The number of nitrogen functional groups attached to an aromatic ring is 1. The Hall–Kier alpha value is -2.83. The van der Waals surface area contributed by atoms with Gasteiger partial charge in [0.15, 0.2) is 5.82 Å². The van der Waals surface area contributed by atoms with E-state index in [9.17, 15) is 4.79 Å². The van der Waals surface area contributed by atoms with Crippen LogP contribution in [0.25, 0.3) is 11.4 Å². The first-order valence-electron chi connectivity index (χ1n) is 7.73. The molecule has 132 valence electrons. The highest BCUT2D eigenvalue weighted by atomic mass is 32.2. The number of aryl methyl sites for hydroxylation is 1. The number of hydrogen-bond acceptors (Lipinski definition) is 7. The summed E-state index contributed by atoms with van der Waals surface area (Å²) in [5, 5.41) is 22.3. The minimum atomic E-state index is -0.458. The molecule has 0 radical (unpaired) electrons. The Bertz CT molecular complexity index is 987. The molecule has 0 aliphatic heterocycles. The Morgan fingerprint density at radius 3 is 2.88 bits per heavy atom. The number of nitriles is 1. The summed E-state index contributed by atoms with van der Waals surface area (Å²) in [7, 11) is 0. The summed E-state index contributed by atoms with van der Waals surface area (Å²) in [6, 6.07) is 11.5. The van der Waals surface area contributed by atoms with E-state index in [1.165, 1.54) is 27.8 Å². The van der Waals surface area contributed by atoms with Gasteiger partial charge in [0.2, 0.25) is 11.1 Å². The van der Waals surface area contributed by atoms with E-state index >= 15 is 0 Å². The van der Waals surface area contributed by atoms with Gasteiger partial charge in [-0.3, -0.25) is 4.79 Å². The van der Waals surface area contributed by atoms with Crippen LogP contribution in [0.1, 0.15) is 18.1 Å². The van der Waals surface area contributed by atoms with Gasteiger partial charge in [0.25, 0.3) is 0 Å². The van der Waals surface area contributed by atoms with Gasteiger partial charge in [-0.25, -0.2) is 4.68 Å². The zero-order valence-corrected chi connectivity index (χ0v) is 15.8. The predicted molar refractivity (Wildman–Crippen MR) is 103 cm³/mol. The summed E-state index contributed by atoms with van der Waals surface area (Å²) in [5.41, 5.74) is 2.38. The molecule has 1 aromatic carbocycles. The van der Waals surface area contributed by atoms with Gasteiger partial charge in [-0.1, -0.05) is 36.0 Å². The van der Waals surface area contributed by atoms with Crippen molar-refractivity contribution in [2.24, 2.45) is 0 Å². The SMILES string of the molecule is Cc1ccccc1-c1nnc(S[C@H](C)C(=O)Nc2sccc2C#N)n1N. The average Bonchev–Trinajstić information content (AvgIpc) is 3.22. The highest BCUT2D eigenvalue weighted by Crippen LogP contribution is 2.28. The van der Waals surface area contributed by atoms with E-state index in [4.69, 9.17) is 11.1 Å². The first-order chi connectivity index (χ1) is 12.5. The summed E-state index contributed by atoms with van der Waals surface area (Å²) in [5.74, 6) is 6.45. The number of carbonyl (C=O) groups is 1. The van der Waals surface area contributed by atoms with Crippen molar-refractivity contribution in [1.29, 1.82) is 5.26 Å². The number of nitrogens with two attached hydrogens (primary N) is 1. The smallest absolute Gasteiger partial charge is 0.238 e. The normalized spacial score (nSPS) is 11.7. The Balaban J connectivity index is 1.74. The number of benzene rings is 1. The molecule has 0 saturated carbocycles. The minimum Gasteiger partial charge on any atom is -0.335 e. The molecule has 0 fully saturated rings. The number of carbonyl (C=O) groups excluding carboxylic acids is 1. The van der Waals surface area contributed by atoms with Crippen molar-refractivity contribution in [2.75, 3.05) is 11.2 Å². The Labute approximate surface area is 158 Å². The van der Waals surface area contributed by atoms with Crippen LogP contribution in [0.4, 0.5) is 5.00 Å². The van der Waals surface area contributed by atoms with E-state index in [1.54, 1.807) is 18.4 Å². The quantitative estimate of drug-likeness (QED) is 0.517. The third-order valence-electron chi connectivity index (χ3n) is 3.72. The number of amides is 1. The lowest BCUT2D eigenvalue weighted by Crippen LogP contribution is -2.23. The van der Waals surface area contributed by atoms with Crippen LogP contribution in [0, 0.1) is 18.3 Å². The largest absolute Gasteiger partial charge is 0.335 e. The molecular formula is C17H16N6OS2. The van der Waals surface area contributed by atoms with Gasteiger partial charge in [0.1, 0.15) is 11.1 Å². The Morgan fingerprint density at radius 1 is 1.38 bits per heavy atom. The molecule has 0 aliphatic carbocycles. The number of nitrogens with zero attached hydrogens (tertiary/aromatic N) is 4. The van der Waals surface area contributed by atoms with Gasteiger partial charge in [-0.05, 0) is 30.9 Å². The van der Waals surface area contributed by atoms with Crippen molar-refractivity contribution in [3.05, 3.63) is 46.8 Å². The summed E-state index contributed by atoms with van der Waals surface area (Å²) < 4.78 is 1.39. The highest BCUT2D eigenvalue weighted by Gasteiger charge is 2.21. The van der Waals surface area contributed by atoms with E-state index in [-0.39, 0.29) is 5.91 Å². The van der Waals surface area contributed by atoms with Crippen LogP contribution in [0.2, 0.25) is 0 Å². The molecule has 9 heteroatoms. The average molecular weight is 384 g/mol. The molecule has 0 aliphatic rings. The number of anilines is 1. The molecule has 3 N–H and O–H groups in total. The molecule has 0 unspecified atom stereocenters. The van der Waals surface area contributed by atoms with Gasteiger partial charge in [-0.2, -0.15) is 5.26 Å². The first-order valence-corrected chi connectivity index (χ1v) is 9.48. The second-order valence-electron chi connectivity index (χ2n) is 5.52. The fraction of sp³-hybridized carbons (Fsp3) is 0.176. The molecule has 3 aromatic rings. The lowest BCUT2D eigenvalue weighted by Gasteiger charge is -2.11. The molecule has 7 nitrogen and oxygen atoms in total. The van der Waals surface area contributed by atoms with Crippen molar-refractivity contribution in [3.63, 3.8) is 0 Å². The van der Waals surface area contributed by atoms with Crippen molar-refractivity contribution < 1.29 is 4.79 Å². The van der Waals surface area contributed by atoms with Gasteiger partial charge >= 0.3 is 0 Å². The third kappa shape index (κ3) is 3.56. The van der Waals surface area contributed by atoms with E-state index in [1.807, 2.05) is 37.3 Å². The lowest BCUT2D eigenvalue weighted by molar-refractivity contribution is -0.115. The second kappa shape index (κ2) is 7.59. The van der Waals surface area contributed by atoms with E-state index in [2.05, 4.69) is 15.5 Å². The summed E-state index contributed by atoms with van der Waals surface area (Å²) in [6.45, 7) is 3.72. The van der Waals surface area contributed by atoms with Crippen LogP contribution < -0.4 is 11.2 Å². The van der Waals surface area contributed by atoms with Gasteiger partial charge in [-0.15, -0.1) is 21.5 Å². The molecule has 2 heterocycles. The van der Waals surface area contributed by atoms with E-state index in [0.717, 1.165) is 11.1 Å². The van der Waals surface area contributed by atoms with Crippen LogP contribution in [0.5, 0.6) is 0 Å². The number of thiophene rings is 1. The molecule has 26 heavy (non-hydrogen) atoms. The number of aromatic nitrogens is 3. The molecule has 0 saturated heterocycles. The summed E-state index contributed by atoms with van der Waals surface area (Å²) in [4.78, 5) is 12.4. The molecule has 2 aromatic heterocycles. The van der Waals surface area contributed by atoms with E-state index in [0.29, 0.717) is 21.5 Å². The zero-order valence-electron chi connectivity index (χ0n) is 14.1. The monoisotopic (exact) mass is 384 g/mol. The lowest BCUT2D eigenvalue weighted by atomic mass is 10.1. The van der Waals surface area contributed by atoms with Crippen LogP contribution in [0.3, 0.4) is 0 Å². The Morgan fingerprint density at radius 2 is 2.15 bits per heavy atom. The van der Waals surface area contributed by atoms with Gasteiger partial charge in [0, 0.05) is 5.56 Å². The van der Waals surface area contributed by atoms with Gasteiger partial charge < -0.3 is 11.2 Å². The van der Waals surface area contributed by atoms with Crippen LogP contribution in [-0.4, -0.2) is 26.0 Å². The van der Waals surface area contributed by atoms with Crippen LogP contribution >= 0.6 is 23.1 Å². The Kier molecular flexibility index (Phi) is 5.25. The second-order valence-corrected chi connectivity index (χ2v) is 7.74. The summed E-state index contributed by atoms with van der Waals surface area (Å²) >= 11 is 2.52. The number of thioether (sulfide) groups is 1. The van der Waals surface area contributed by atoms with Crippen molar-refractivity contribution in [1.82, 2.24) is 14.9 Å². The maximum atomic E-state index is 12.4. The van der Waals surface area contributed by atoms with Crippen molar-refractivity contribution in [3.8, 4) is 17.5 Å². The summed E-state index contributed by atoms with van der Waals surface area (Å²) in [6.07, 6.45) is 0. The molecular weight excluding hydrogens is 368 g/mol. The standard InChI is InChI=1S/C17H16N6OS2/c1-10-5-3-4-6-13(10)14-21-22-17(23(14)19)26-11(2)15(24)20-16-12(9-18)7-8-25-16/h3-8,11H,19H2,1-2H3,(H,20,24)/t11-/m1/s1. The van der Waals surface area contributed by atoms with E-state index < -0.39 is 5.25 Å². The number of hydrogen-bond donors (Lipinski definition) is 2. The maximum Gasteiger partial charge on any atom is 0.238 e. The number of rotatable bonds is 5. The van der Waals surface area contributed by atoms with Crippen molar-refractivity contribution >= 4 is 34.0 Å². The molecule has 0 bridgehead atoms. The van der Waals surface area contributed by atoms with Crippen LogP contribution in [-0.2, 0) is 4.79 Å². The molecule has 3 rings (SSSR count). The topological polar surface area (TPSA) is 110 Å².